The standard InChI is InChI=1S/C15H22F2N2O3.ClH/c1-2-22-13-9-11(3-4-12(13)21)14(15(16,17)10-20)19-7-5-18-6-8-19;/h3-4,9,14,18,20-21H,2,5-8,10H2,1H3;1H/t14-;/m1./s1. The van der Waals surface area contributed by atoms with E-state index in [9.17, 15) is 13.9 Å². The summed E-state index contributed by atoms with van der Waals surface area (Å²) in [5.74, 6) is -3.19. The van der Waals surface area contributed by atoms with E-state index >= 15 is 0 Å². The maximum absolute atomic E-state index is 14.3. The van der Waals surface area contributed by atoms with Gasteiger partial charge in [0.1, 0.15) is 12.6 Å². The molecule has 0 saturated carbocycles. The fourth-order valence-electron chi connectivity index (χ4n) is 2.72. The zero-order valence-electron chi connectivity index (χ0n) is 13.0. The van der Waals surface area contributed by atoms with E-state index in [2.05, 4.69) is 5.32 Å². The SMILES string of the molecule is CCOc1cc([C@@H](N2CCNCC2)C(F)(F)CO)ccc1O.Cl. The number of phenols is 1. The van der Waals surface area contributed by atoms with Crippen molar-refractivity contribution >= 4 is 12.4 Å². The van der Waals surface area contributed by atoms with Crippen molar-refractivity contribution in [3.8, 4) is 11.5 Å². The number of aliphatic hydroxyl groups is 1. The van der Waals surface area contributed by atoms with E-state index in [1.807, 2.05) is 0 Å². The van der Waals surface area contributed by atoms with Gasteiger partial charge in [0.15, 0.2) is 11.5 Å². The lowest BCUT2D eigenvalue weighted by atomic mass is 9.97. The largest absolute Gasteiger partial charge is 0.504 e. The molecule has 1 aromatic carbocycles. The maximum Gasteiger partial charge on any atom is 0.289 e. The minimum atomic E-state index is -3.28. The zero-order chi connectivity index (χ0) is 16.2. The van der Waals surface area contributed by atoms with Crippen LogP contribution in [0.4, 0.5) is 8.78 Å². The second kappa shape index (κ2) is 8.63. The van der Waals surface area contributed by atoms with Crippen molar-refractivity contribution in [2.45, 2.75) is 18.9 Å². The van der Waals surface area contributed by atoms with Gasteiger partial charge in [0.2, 0.25) is 0 Å². The first-order valence-corrected chi connectivity index (χ1v) is 7.38. The number of nitrogens with one attached hydrogen (secondary N) is 1. The summed E-state index contributed by atoms with van der Waals surface area (Å²) >= 11 is 0. The number of halogens is 3. The smallest absolute Gasteiger partial charge is 0.289 e. The Morgan fingerprint density at radius 1 is 1.35 bits per heavy atom. The van der Waals surface area contributed by atoms with E-state index in [-0.39, 0.29) is 23.9 Å². The van der Waals surface area contributed by atoms with Crippen LogP contribution in [0.2, 0.25) is 0 Å². The first-order chi connectivity index (χ1) is 10.5. The van der Waals surface area contributed by atoms with Crippen LogP contribution in [0.15, 0.2) is 18.2 Å². The molecule has 2 rings (SSSR count). The van der Waals surface area contributed by atoms with Crippen LogP contribution in [0, 0.1) is 0 Å². The normalized spacial score (nSPS) is 17.4. The molecule has 0 spiro atoms. The molecule has 1 aliphatic rings. The van der Waals surface area contributed by atoms with E-state index < -0.39 is 18.6 Å². The number of piperazine rings is 1. The first-order valence-electron chi connectivity index (χ1n) is 7.38. The third-order valence-corrected chi connectivity index (χ3v) is 3.73. The molecule has 8 heteroatoms. The number of benzene rings is 1. The van der Waals surface area contributed by atoms with Crippen LogP contribution < -0.4 is 10.1 Å². The average Bonchev–Trinajstić information content (AvgIpc) is 2.52. The third kappa shape index (κ3) is 4.67. The second-order valence-electron chi connectivity index (χ2n) is 5.27. The summed E-state index contributed by atoms with van der Waals surface area (Å²) in [5.41, 5.74) is 0.321. The number of phenolic OH excluding ortho intramolecular Hbond substituents is 1. The number of alkyl halides is 2. The minimum absolute atomic E-state index is 0. The molecule has 1 saturated heterocycles. The lowest BCUT2D eigenvalue weighted by Gasteiger charge is -2.38. The van der Waals surface area contributed by atoms with Crippen LogP contribution in [-0.2, 0) is 0 Å². The second-order valence-corrected chi connectivity index (χ2v) is 5.27. The molecule has 0 unspecified atom stereocenters. The lowest BCUT2D eigenvalue weighted by Crippen LogP contribution is -2.51. The molecular formula is C15H23ClF2N2O3. The fourth-order valence-corrected chi connectivity index (χ4v) is 2.72. The van der Waals surface area contributed by atoms with Crippen LogP contribution in [0.5, 0.6) is 11.5 Å². The highest BCUT2D eigenvalue weighted by molar-refractivity contribution is 5.85. The molecule has 1 aromatic rings. The number of nitrogens with zero attached hydrogens (tertiary/aromatic N) is 1. The predicted octanol–water partition coefficient (Wildman–Crippen LogP) is 1.79. The van der Waals surface area contributed by atoms with Gasteiger partial charge in [0.25, 0.3) is 5.92 Å². The van der Waals surface area contributed by atoms with Gasteiger partial charge in [-0.15, -0.1) is 12.4 Å². The van der Waals surface area contributed by atoms with E-state index in [0.717, 1.165) is 0 Å². The lowest BCUT2D eigenvalue weighted by molar-refractivity contribution is -0.118. The maximum atomic E-state index is 14.3. The fraction of sp³-hybridized carbons (Fsp3) is 0.600. The van der Waals surface area contributed by atoms with Gasteiger partial charge in [-0.25, -0.2) is 8.78 Å². The van der Waals surface area contributed by atoms with Crippen molar-refractivity contribution in [1.29, 1.82) is 0 Å². The number of hydrogen-bond donors (Lipinski definition) is 3. The van der Waals surface area contributed by atoms with Gasteiger partial charge < -0.3 is 20.3 Å². The van der Waals surface area contributed by atoms with E-state index in [4.69, 9.17) is 9.84 Å². The van der Waals surface area contributed by atoms with Crippen molar-refractivity contribution in [1.82, 2.24) is 10.2 Å². The van der Waals surface area contributed by atoms with Gasteiger partial charge in [-0.2, -0.15) is 0 Å². The molecule has 0 radical (unpaired) electrons. The molecular weight excluding hydrogens is 330 g/mol. The van der Waals surface area contributed by atoms with Crippen molar-refractivity contribution in [2.24, 2.45) is 0 Å². The van der Waals surface area contributed by atoms with Gasteiger partial charge in [-0.3, -0.25) is 4.90 Å². The van der Waals surface area contributed by atoms with Gasteiger partial charge in [0, 0.05) is 26.2 Å². The topological polar surface area (TPSA) is 65.0 Å². The average molecular weight is 353 g/mol. The van der Waals surface area contributed by atoms with Gasteiger partial charge >= 0.3 is 0 Å². The van der Waals surface area contributed by atoms with Crippen molar-refractivity contribution < 1.29 is 23.7 Å². The van der Waals surface area contributed by atoms with E-state index in [0.29, 0.717) is 38.3 Å². The summed E-state index contributed by atoms with van der Waals surface area (Å²) in [6, 6.07) is 2.98. The molecule has 1 fully saturated rings. The predicted molar refractivity (Wildman–Crippen MR) is 85.7 cm³/mol. The van der Waals surface area contributed by atoms with Crippen LogP contribution >= 0.6 is 12.4 Å². The molecule has 0 amide bonds. The van der Waals surface area contributed by atoms with Crippen molar-refractivity contribution in [2.75, 3.05) is 39.4 Å². The quantitative estimate of drug-likeness (QED) is 0.728. The van der Waals surface area contributed by atoms with Crippen LogP contribution in [-0.4, -0.2) is 60.4 Å². The number of aliphatic hydroxyl groups excluding tert-OH is 1. The molecule has 23 heavy (non-hydrogen) atoms. The summed E-state index contributed by atoms with van der Waals surface area (Å²) in [7, 11) is 0. The minimum Gasteiger partial charge on any atom is -0.504 e. The van der Waals surface area contributed by atoms with Gasteiger partial charge in [-0.1, -0.05) is 6.07 Å². The van der Waals surface area contributed by atoms with E-state index in [1.165, 1.54) is 18.2 Å². The highest BCUT2D eigenvalue weighted by Gasteiger charge is 2.44. The molecule has 132 valence electrons. The highest BCUT2D eigenvalue weighted by atomic mass is 35.5. The summed E-state index contributed by atoms with van der Waals surface area (Å²) in [4.78, 5) is 1.65. The Bertz CT molecular complexity index is 500. The summed E-state index contributed by atoms with van der Waals surface area (Å²) in [5, 5.41) is 22.0. The zero-order valence-corrected chi connectivity index (χ0v) is 13.8. The Labute approximate surface area is 140 Å². The molecule has 1 atom stereocenters. The number of ether oxygens (including phenoxy) is 1. The molecule has 3 N–H and O–H groups in total. The third-order valence-electron chi connectivity index (χ3n) is 3.73. The Morgan fingerprint density at radius 3 is 2.57 bits per heavy atom. The summed E-state index contributed by atoms with van der Waals surface area (Å²) in [6.07, 6.45) is 0. The monoisotopic (exact) mass is 352 g/mol. The summed E-state index contributed by atoms with van der Waals surface area (Å²) in [6.45, 7) is 3.01. The molecule has 0 aliphatic carbocycles. The van der Waals surface area contributed by atoms with Gasteiger partial charge in [-0.05, 0) is 24.6 Å². The van der Waals surface area contributed by atoms with Crippen LogP contribution in [0.3, 0.4) is 0 Å². The van der Waals surface area contributed by atoms with Crippen molar-refractivity contribution in [3.63, 3.8) is 0 Å². The number of hydrogen-bond acceptors (Lipinski definition) is 5. The molecule has 5 nitrogen and oxygen atoms in total. The Balaban J connectivity index is 0.00000264. The number of rotatable bonds is 6. The molecule has 0 aromatic heterocycles. The molecule has 0 bridgehead atoms. The number of aromatic hydroxyl groups is 1. The molecule has 1 heterocycles. The van der Waals surface area contributed by atoms with Gasteiger partial charge in [0.05, 0.1) is 6.61 Å². The van der Waals surface area contributed by atoms with Crippen LogP contribution in [0.1, 0.15) is 18.5 Å². The Hall–Kier alpha value is -1.15. The Kier molecular flexibility index (Phi) is 7.47. The van der Waals surface area contributed by atoms with Crippen LogP contribution in [0.25, 0.3) is 0 Å². The highest BCUT2D eigenvalue weighted by Crippen LogP contribution is 2.39. The summed E-state index contributed by atoms with van der Waals surface area (Å²) < 4.78 is 33.9. The first kappa shape index (κ1) is 19.9. The van der Waals surface area contributed by atoms with E-state index in [1.54, 1.807) is 11.8 Å². The Morgan fingerprint density at radius 2 is 2.00 bits per heavy atom. The van der Waals surface area contributed by atoms with Crippen molar-refractivity contribution in [3.05, 3.63) is 23.8 Å². The molecule has 1 aliphatic heterocycles.